The summed E-state index contributed by atoms with van der Waals surface area (Å²) in [6.45, 7) is 7.43. The Morgan fingerprint density at radius 1 is 1.38 bits per heavy atom. The van der Waals surface area contributed by atoms with Gasteiger partial charge in [0.25, 0.3) is 0 Å². The Hall–Kier alpha value is -1.64. The van der Waals surface area contributed by atoms with Crippen LogP contribution in [-0.2, 0) is 17.8 Å². The number of imidazole rings is 1. The van der Waals surface area contributed by atoms with E-state index in [0.29, 0.717) is 12.2 Å². The zero-order valence-electron chi connectivity index (χ0n) is 13.2. The van der Waals surface area contributed by atoms with Crippen molar-refractivity contribution in [1.82, 2.24) is 9.55 Å². The summed E-state index contributed by atoms with van der Waals surface area (Å²) in [5.41, 5.74) is 2.28. The monoisotopic (exact) mass is 284 g/mol. The van der Waals surface area contributed by atoms with Gasteiger partial charge in [-0.2, -0.15) is 0 Å². The molecule has 1 fully saturated rings. The second kappa shape index (κ2) is 5.28. The fourth-order valence-corrected chi connectivity index (χ4v) is 3.82. The predicted octanol–water partition coefficient (Wildman–Crippen LogP) is 3.99. The second-order valence-electron chi connectivity index (χ2n) is 6.84. The molecular weight excluding hydrogens is 260 g/mol. The highest BCUT2D eigenvalue weighted by atomic mass is 16.1. The third-order valence-corrected chi connectivity index (χ3v) is 5.03. The van der Waals surface area contributed by atoms with E-state index in [0.717, 1.165) is 36.2 Å². The molecule has 1 atom stereocenters. The fraction of sp³-hybridized carbons (Fsp3) is 0.556. The molecule has 0 spiro atoms. The molecule has 1 unspecified atom stereocenters. The standard InChI is InChI=1S/C18H24N2O/c1-4-20-15-10-6-5-9-14(15)19-17(20)12-16(21)13-8-7-11-18(13,2)3/h5-6,9-10,13H,4,7-8,11-12H2,1-3H3. The summed E-state index contributed by atoms with van der Waals surface area (Å²) in [4.78, 5) is 17.4. The zero-order chi connectivity index (χ0) is 15.0. The van der Waals surface area contributed by atoms with Crippen molar-refractivity contribution in [1.29, 1.82) is 0 Å². The topological polar surface area (TPSA) is 34.9 Å². The molecule has 1 saturated carbocycles. The highest BCUT2D eigenvalue weighted by Gasteiger charge is 2.39. The third kappa shape index (κ3) is 2.50. The number of fused-ring (bicyclic) bond motifs is 1. The van der Waals surface area contributed by atoms with E-state index in [1.165, 1.54) is 6.42 Å². The van der Waals surface area contributed by atoms with Crippen LogP contribution < -0.4 is 0 Å². The Kier molecular flexibility index (Phi) is 3.60. The number of aromatic nitrogens is 2. The minimum absolute atomic E-state index is 0.153. The van der Waals surface area contributed by atoms with Crippen molar-refractivity contribution in [3.8, 4) is 0 Å². The number of rotatable bonds is 4. The molecule has 3 rings (SSSR count). The molecule has 1 aromatic heterocycles. The molecule has 21 heavy (non-hydrogen) atoms. The maximum atomic E-state index is 12.7. The third-order valence-electron chi connectivity index (χ3n) is 5.03. The highest BCUT2D eigenvalue weighted by Crippen LogP contribution is 2.43. The maximum Gasteiger partial charge on any atom is 0.144 e. The quantitative estimate of drug-likeness (QED) is 0.850. The van der Waals surface area contributed by atoms with Gasteiger partial charge in [0.2, 0.25) is 0 Å². The number of nitrogens with zero attached hydrogens (tertiary/aromatic N) is 2. The number of aryl methyl sites for hydroxylation is 1. The van der Waals surface area contributed by atoms with Crippen molar-refractivity contribution in [3.63, 3.8) is 0 Å². The first-order chi connectivity index (χ1) is 10.0. The number of carbonyl (C=O) groups excluding carboxylic acids is 1. The molecule has 1 aliphatic rings. The van der Waals surface area contributed by atoms with E-state index >= 15 is 0 Å². The molecule has 0 radical (unpaired) electrons. The summed E-state index contributed by atoms with van der Waals surface area (Å²) in [6.07, 6.45) is 3.84. The summed E-state index contributed by atoms with van der Waals surface area (Å²) in [5.74, 6) is 1.48. The number of carbonyl (C=O) groups is 1. The largest absolute Gasteiger partial charge is 0.328 e. The van der Waals surface area contributed by atoms with Gasteiger partial charge in [-0.05, 0) is 37.3 Å². The molecule has 0 amide bonds. The van der Waals surface area contributed by atoms with Crippen LogP contribution in [-0.4, -0.2) is 15.3 Å². The first-order valence-electron chi connectivity index (χ1n) is 8.00. The Morgan fingerprint density at radius 3 is 2.81 bits per heavy atom. The van der Waals surface area contributed by atoms with Crippen molar-refractivity contribution in [3.05, 3.63) is 30.1 Å². The lowest BCUT2D eigenvalue weighted by molar-refractivity contribution is -0.124. The zero-order valence-corrected chi connectivity index (χ0v) is 13.2. The number of hydrogen-bond acceptors (Lipinski definition) is 2. The lowest BCUT2D eigenvalue weighted by atomic mass is 9.78. The summed E-state index contributed by atoms with van der Waals surface area (Å²) < 4.78 is 2.18. The number of Topliss-reactive ketones (excluding diaryl/α,β-unsaturated/α-hetero) is 1. The molecule has 1 aromatic carbocycles. The average Bonchev–Trinajstić information content (AvgIpc) is 2.97. The van der Waals surface area contributed by atoms with Crippen LogP contribution in [0.2, 0.25) is 0 Å². The van der Waals surface area contributed by atoms with Crippen LogP contribution in [0.1, 0.15) is 45.9 Å². The van der Waals surface area contributed by atoms with Gasteiger partial charge in [0.1, 0.15) is 11.6 Å². The number of benzene rings is 1. The van der Waals surface area contributed by atoms with Gasteiger partial charge >= 0.3 is 0 Å². The molecule has 1 heterocycles. The van der Waals surface area contributed by atoms with Gasteiger partial charge in [-0.25, -0.2) is 4.98 Å². The van der Waals surface area contributed by atoms with Crippen molar-refractivity contribution in [2.24, 2.45) is 11.3 Å². The van der Waals surface area contributed by atoms with E-state index < -0.39 is 0 Å². The smallest absolute Gasteiger partial charge is 0.144 e. The molecule has 0 bridgehead atoms. The van der Waals surface area contributed by atoms with Crippen LogP contribution >= 0.6 is 0 Å². The maximum absolute atomic E-state index is 12.7. The lowest BCUT2D eigenvalue weighted by Crippen LogP contribution is -2.27. The normalized spacial score (nSPS) is 21.0. The van der Waals surface area contributed by atoms with E-state index in [1.807, 2.05) is 18.2 Å². The average molecular weight is 284 g/mol. The highest BCUT2D eigenvalue weighted by molar-refractivity contribution is 5.85. The Bertz CT molecular complexity index is 669. The summed E-state index contributed by atoms with van der Waals surface area (Å²) in [5, 5.41) is 0. The van der Waals surface area contributed by atoms with Crippen molar-refractivity contribution in [2.45, 2.75) is 53.0 Å². The van der Waals surface area contributed by atoms with Crippen LogP contribution in [0.3, 0.4) is 0 Å². The molecule has 112 valence electrons. The molecule has 0 aliphatic heterocycles. The van der Waals surface area contributed by atoms with Gasteiger partial charge in [0, 0.05) is 12.5 Å². The molecule has 1 aliphatic carbocycles. The Morgan fingerprint density at radius 2 is 2.14 bits per heavy atom. The SMILES string of the molecule is CCn1c(CC(=O)C2CCCC2(C)C)nc2ccccc21. The Balaban J connectivity index is 1.89. The summed E-state index contributed by atoms with van der Waals surface area (Å²) in [6, 6.07) is 8.14. The van der Waals surface area contributed by atoms with Gasteiger partial charge in [-0.15, -0.1) is 0 Å². The van der Waals surface area contributed by atoms with Crippen molar-refractivity contribution in [2.75, 3.05) is 0 Å². The van der Waals surface area contributed by atoms with Gasteiger partial charge in [-0.1, -0.05) is 32.4 Å². The van der Waals surface area contributed by atoms with Crippen molar-refractivity contribution < 1.29 is 4.79 Å². The Labute approximate surface area is 126 Å². The van der Waals surface area contributed by atoms with Gasteiger partial charge in [0.05, 0.1) is 17.5 Å². The number of para-hydroxylation sites is 2. The van der Waals surface area contributed by atoms with Crippen LogP contribution in [0, 0.1) is 11.3 Å². The molecule has 2 aromatic rings. The molecule has 3 nitrogen and oxygen atoms in total. The van der Waals surface area contributed by atoms with E-state index in [2.05, 4.69) is 36.4 Å². The minimum atomic E-state index is 0.153. The molecule has 0 saturated heterocycles. The number of ketones is 1. The molecule has 0 N–H and O–H groups in total. The summed E-state index contributed by atoms with van der Waals surface area (Å²) in [7, 11) is 0. The van der Waals surface area contributed by atoms with Crippen LogP contribution in [0.5, 0.6) is 0 Å². The van der Waals surface area contributed by atoms with Crippen LogP contribution in [0.25, 0.3) is 11.0 Å². The van der Waals surface area contributed by atoms with Crippen LogP contribution in [0.4, 0.5) is 0 Å². The first-order valence-corrected chi connectivity index (χ1v) is 8.00. The van der Waals surface area contributed by atoms with E-state index in [1.54, 1.807) is 0 Å². The minimum Gasteiger partial charge on any atom is -0.328 e. The van der Waals surface area contributed by atoms with E-state index in [9.17, 15) is 4.79 Å². The number of hydrogen-bond donors (Lipinski definition) is 0. The fourth-order valence-electron chi connectivity index (χ4n) is 3.82. The first kappa shape index (κ1) is 14.3. The second-order valence-corrected chi connectivity index (χ2v) is 6.84. The van der Waals surface area contributed by atoms with Gasteiger partial charge in [-0.3, -0.25) is 4.79 Å². The summed E-state index contributed by atoms with van der Waals surface area (Å²) >= 11 is 0. The van der Waals surface area contributed by atoms with Crippen molar-refractivity contribution >= 4 is 16.8 Å². The van der Waals surface area contributed by atoms with Gasteiger partial charge < -0.3 is 4.57 Å². The van der Waals surface area contributed by atoms with E-state index in [4.69, 9.17) is 0 Å². The lowest BCUT2D eigenvalue weighted by Gasteiger charge is -2.25. The van der Waals surface area contributed by atoms with Gasteiger partial charge in [0.15, 0.2) is 0 Å². The predicted molar refractivity (Wildman–Crippen MR) is 85.2 cm³/mol. The molecular formula is C18H24N2O. The van der Waals surface area contributed by atoms with E-state index in [-0.39, 0.29) is 11.3 Å². The molecule has 3 heteroatoms. The van der Waals surface area contributed by atoms with Crippen LogP contribution in [0.15, 0.2) is 24.3 Å².